The maximum Gasteiger partial charge on any atom is 0.151 e. The van der Waals surface area contributed by atoms with Gasteiger partial charge in [0.25, 0.3) is 0 Å². The topological polar surface area (TPSA) is 37.8 Å². The second-order valence-electron chi connectivity index (χ2n) is 3.36. The molecule has 76 valence electrons. The molecule has 0 amide bonds. The molecule has 1 fully saturated rings. The third-order valence-electron chi connectivity index (χ3n) is 2.24. The van der Waals surface area contributed by atoms with Gasteiger partial charge in [-0.3, -0.25) is 0 Å². The summed E-state index contributed by atoms with van der Waals surface area (Å²) >= 11 is 7.40. The van der Waals surface area contributed by atoms with Crippen molar-refractivity contribution in [2.75, 3.05) is 18.8 Å². The van der Waals surface area contributed by atoms with E-state index in [1.54, 1.807) is 17.8 Å². The van der Waals surface area contributed by atoms with Crippen LogP contribution < -0.4 is 5.32 Å². The molecule has 1 aliphatic heterocycles. The summed E-state index contributed by atoms with van der Waals surface area (Å²) in [6, 6.07) is 3.70. The predicted octanol–water partition coefficient (Wildman–Crippen LogP) is 1.83. The maximum absolute atomic E-state index is 5.65. The molecule has 1 aromatic rings. The molecule has 0 aromatic carbocycles. The van der Waals surface area contributed by atoms with Crippen LogP contribution in [0.1, 0.15) is 6.42 Å². The van der Waals surface area contributed by atoms with Crippen molar-refractivity contribution < 1.29 is 0 Å². The van der Waals surface area contributed by atoms with Gasteiger partial charge >= 0.3 is 0 Å². The van der Waals surface area contributed by atoms with E-state index in [2.05, 4.69) is 15.5 Å². The fraction of sp³-hybridized carbons (Fsp3) is 0.556. The first-order chi connectivity index (χ1) is 6.84. The molecule has 3 nitrogen and oxygen atoms in total. The summed E-state index contributed by atoms with van der Waals surface area (Å²) < 4.78 is 0. The minimum absolute atomic E-state index is 0.455. The van der Waals surface area contributed by atoms with Gasteiger partial charge in [0.05, 0.1) is 0 Å². The lowest BCUT2D eigenvalue weighted by Crippen LogP contribution is -2.10. The summed E-state index contributed by atoms with van der Waals surface area (Å²) in [5.74, 6) is 1.89. The number of rotatable bonds is 3. The number of thioether (sulfide) groups is 1. The molecule has 1 atom stereocenters. The molecule has 0 aliphatic carbocycles. The molecule has 1 aliphatic rings. The Bertz CT molecular complexity index is 285. The highest BCUT2D eigenvalue weighted by atomic mass is 35.5. The molecule has 5 heteroatoms. The van der Waals surface area contributed by atoms with Crippen molar-refractivity contribution in [3.8, 4) is 0 Å². The van der Waals surface area contributed by atoms with Gasteiger partial charge in [0.1, 0.15) is 5.03 Å². The molecule has 2 rings (SSSR count). The van der Waals surface area contributed by atoms with Crippen molar-refractivity contribution in [1.82, 2.24) is 15.5 Å². The van der Waals surface area contributed by atoms with Crippen LogP contribution in [0.15, 0.2) is 17.2 Å². The minimum Gasteiger partial charge on any atom is -0.316 e. The van der Waals surface area contributed by atoms with Crippen LogP contribution in [-0.2, 0) is 0 Å². The van der Waals surface area contributed by atoms with Gasteiger partial charge in [0.2, 0.25) is 0 Å². The van der Waals surface area contributed by atoms with Gasteiger partial charge in [-0.1, -0.05) is 11.6 Å². The van der Waals surface area contributed by atoms with Gasteiger partial charge in [-0.15, -0.1) is 22.0 Å². The van der Waals surface area contributed by atoms with Gasteiger partial charge < -0.3 is 5.32 Å². The first kappa shape index (κ1) is 10.2. The molecular formula is C9H12ClN3S. The summed E-state index contributed by atoms with van der Waals surface area (Å²) in [5, 5.41) is 12.6. The molecule has 1 saturated heterocycles. The Hall–Kier alpha value is -0.320. The highest BCUT2D eigenvalue weighted by molar-refractivity contribution is 7.99. The summed E-state index contributed by atoms with van der Waals surface area (Å²) in [5.41, 5.74) is 0. The molecule has 0 unspecified atom stereocenters. The predicted molar refractivity (Wildman–Crippen MR) is 58.7 cm³/mol. The zero-order valence-electron chi connectivity index (χ0n) is 7.74. The number of hydrogen-bond acceptors (Lipinski definition) is 4. The quantitative estimate of drug-likeness (QED) is 0.803. The maximum atomic E-state index is 5.65. The van der Waals surface area contributed by atoms with Gasteiger partial charge in [-0.25, -0.2) is 0 Å². The SMILES string of the molecule is Clc1ccc(SC[C@@H]2CCNC2)nn1. The Morgan fingerprint density at radius 1 is 1.50 bits per heavy atom. The Morgan fingerprint density at radius 2 is 2.43 bits per heavy atom. The molecule has 0 spiro atoms. The number of aromatic nitrogens is 2. The standard InChI is InChI=1S/C9H12ClN3S/c10-8-1-2-9(13-12-8)14-6-7-3-4-11-5-7/h1-2,7,11H,3-6H2/t7-/m1/s1. The van der Waals surface area contributed by atoms with Gasteiger partial charge in [-0.2, -0.15) is 0 Å². The van der Waals surface area contributed by atoms with Gasteiger partial charge in [0.15, 0.2) is 5.15 Å². The van der Waals surface area contributed by atoms with E-state index in [0.29, 0.717) is 5.15 Å². The van der Waals surface area contributed by atoms with E-state index >= 15 is 0 Å². The molecule has 0 radical (unpaired) electrons. The van der Waals surface area contributed by atoms with Crippen LogP contribution in [0.2, 0.25) is 5.15 Å². The molecular weight excluding hydrogens is 218 g/mol. The summed E-state index contributed by atoms with van der Waals surface area (Å²) in [6.45, 7) is 2.28. The van der Waals surface area contributed by atoms with Crippen LogP contribution in [0.5, 0.6) is 0 Å². The van der Waals surface area contributed by atoms with Crippen molar-refractivity contribution in [3.05, 3.63) is 17.3 Å². The molecule has 1 aromatic heterocycles. The normalized spacial score (nSPS) is 21.4. The number of halogens is 1. The zero-order valence-corrected chi connectivity index (χ0v) is 9.31. The van der Waals surface area contributed by atoms with Crippen LogP contribution in [-0.4, -0.2) is 29.0 Å². The van der Waals surface area contributed by atoms with Crippen molar-refractivity contribution in [2.45, 2.75) is 11.4 Å². The number of nitrogens with one attached hydrogen (secondary N) is 1. The van der Waals surface area contributed by atoms with Crippen LogP contribution in [0, 0.1) is 5.92 Å². The average molecular weight is 230 g/mol. The number of hydrogen-bond donors (Lipinski definition) is 1. The largest absolute Gasteiger partial charge is 0.316 e. The molecule has 0 saturated carbocycles. The third-order valence-corrected chi connectivity index (χ3v) is 3.59. The van der Waals surface area contributed by atoms with Crippen LogP contribution >= 0.6 is 23.4 Å². The van der Waals surface area contributed by atoms with E-state index < -0.39 is 0 Å². The molecule has 1 N–H and O–H groups in total. The highest BCUT2D eigenvalue weighted by Gasteiger charge is 2.14. The lowest BCUT2D eigenvalue weighted by atomic mass is 10.2. The molecule has 2 heterocycles. The Labute approximate surface area is 92.6 Å². The Balaban J connectivity index is 1.82. The van der Waals surface area contributed by atoms with Crippen molar-refractivity contribution >= 4 is 23.4 Å². The van der Waals surface area contributed by atoms with E-state index in [4.69, 9.17) is 11.6 Å². The molecule has 14 heavy (non-hydrogen) atoms. The fourth-order valence-corrected chi connectivity index (χ4v) is 2.50. The van der Waals surface area contributed by atoms with E-state index in [1.807, 2.05) is 6.07 Å². The summed E-state index contributed by atoms with van der Waals surface area (Å²) in [6.07, 6.45) is 1.27. The Morgan fingerprint density at radius 3 is 3.07 bits per heavy atom. The number of nitrogens with zero attached hydrogens (tertiary/aromatic N) is 2. The van der Waals surface area contributed by atoms with Gasteiger partial charge in [-0.05, 0) is 37.6 Å². The fourth-order valence-electron chi connectivity index (χ4n) is 1.44. The summed E-state index contributed by atoms with van der Waals surface area (Å²) in [7, 11) is 0. The van der Waals surface area contributed by atoms with E-state index in [0.717, 1.165) is 29.8 Å². The van der Waals surface area contributed by atoms with E-state index in [9.17, 15) is 0 Å². The van der Waals surface area contributed by atoms with Crippen molar-refractivity contribution in [1.29, 1.82) is 0 Å². The average Bonchev–Trinajstić information content (AvgIpc) is 2.70. The zero-order chi connectivity index (χ0) is 9.80. The third kappa shape index (κ3) is 2.83. The second-order valence-corrected chi connectivity index (χ2v) is 4.79. The lowest BCUT2D eigenvalue weighted by molar-refractivity contribution is 0.662. The Kier molecular flexibility index (Phi) is 3.61. The highest BCUT2D eigenvalue weighted by Crippen LogP contribution is 2.21. The van der Waals surface area contributed by atoms with Crippen molar-refractivity contribution in [2.24, 2.45) is 5.92 Å². The van der Waals surface area contributed by atoms with E-state index in [-0.39, 0.29) is 0 Å². The van der Waals surface area contributed by atoms with Crippen LogP contribution in [0.3, 0.4) is 0 Å². The van der Waals surface area contributed by atoms with Crippen LogP contribution in [0.4, 0.5) is 0 Å². The summed E-state index contributed by atoms with van der Waals surface area (Å²) in [4.78, 5) is 0. The smallest absolute Gasteiger partial charge is 0.151 e. The van der Waals surface area contributed by atoms with Gasteiger partial charge in [0, 0.05) is 5.75 Å². The second kappa shape index (κ2) is 4.96. The minimum atomic E-state index is 0.455. The van der Waals surface area contributed by atoms with E-state index in [1.165, 1.54) is 6.42 Å². The van der Waals surface area contributed by atoms with Crippen LogP contribution in [0.25, 0.3) is 0 Å². The lowest BCUT2D eigenvalue weighted by Gasteiger charge is -2.05. The monoisotopic (exact) mass is 229 g/mol. The van der Waals surface area contributed by atoms with Crippen molar-refractivity contribution in [3.63, 3.8) is 0 Å². The first-order valence-electron chi connectivity index (χ1n) is 4.67. The first-order valence-corrected chi connectivity index (χ1v) is 6.04. The molecule has 0 bridgehead atoms.